The van der Waals surface area contributed by atoms with Crippen LogP contribution < -0.4 is 10.2 Å². The summed E-state index contributed by atoms with van der Waals surface area (Å²) in [6, 6.07) is 8.73. The van der Waals surface area contributed by atoms with E-state index in [0.717, 1.165) is 38.0 Å². The second-order valence-corrected chi connectivity index (χ2v) is 4.87. The first-order valence-corrected chi connectivity index (χ1v) is 6.47. The molecule has 0 radical (unpaired) electrons. The topological polar surface area (TPSA) is 32.3 Å². The van der Waals surface area contributed by atoms with Gasteiger partial charge in [-0.05, 0) is 44.0 Å². The molecule has 98 valence electrons. The number of rotatable bonds is 1. The van der Waals surface area contributed by atoms with E-state index in [1.807, 2.05) is 6.07 Å². The first kappa shape index (κ1) is 13.4. The van der Waals surface area contributed by atoms with Gasteiger partial charge in [0.25, 0.3) is 0 Å². The molecular formula is C14H19ClN2O. The van der Waals surface area contributed by atoms with Crippen molar-refractivity contribution in [2.24, 2.45) is 0 Å². The summed E-state index contributed by atoms with van der Waals surface area (Å²) < 4.78 is 0. The van der Waals surface area contributed by atoms with Crippen molar-refractivity contribution in [3.05, 3.63) is 29.8 Å². The predicted molar refractivity (Wildman–Crippen MR) is 75.4 cm³/mol. The zero-order valence-corrected chi connectivity index (χ0v) is 11.2. The number of hydrogen-bond donors (Lipinski definition) is 1. The number of hydrogen-bond acceptors (Lipinski definition) is 2. The maximum Gasteiger partial charge on any atom is 0.227 e. The monoisotopic (exact) mass is 266 g/mol. The first-order chi connectivity index (χ1) is 8.36. The zero-order valence-electron chi connectivity index (χ0n) is 10.4. The van der Waals surface area contributed by atoms with Crippen molar-refractivity contribution in [3.8, 4) is 0 Å². The number of amides is 1. The van der Waals surface area contributed by atoms with E-state index >= 15 is 0 Å². The van der Waals surface area contributed by atoms with Gasteiger partial charge in [0.05, 0.1) is 0 Å². The van der Waals surface area contributed by atoms with Crippen LogP contribution in [0, 0.1) is 0 Å². The molecule has 0 spiro atoms. The standard InChI is InChI=1S/C14H18N2O.ClH/c17-14-6-5-11-3-1-2-4-13(11)16(14)12-7-9-15-10-8-12;/h1-4,12,15H,5-10H2;1H. The fourth-order valence-electron chi connectivity index (χ4n) is 2.92. The Bertz CT molecular complexity index is 430. The molecule has 3 rings (SSSR count). The molecular weight excluding hydrogens is 248 g/mol. The maximum absolute atomic E-state index is 12.2. The van der Waals surface area contributed by atoms with E-state index in [0.29, 0.717) is 18.4 Å². The molecule has 0 saturated carbocycles. The molecule has 18 heavy (non-hydrogen) atoms. The quantitative estimate of drug-likeness (QED) is 0.845. The Kier molecular flexibility index (Phi) is 4.25. The number of nitrogens with zero attached hydrogens (tertiary/aromatic N) is 1. The lowest BCUT2D eigenvalue weighted by Crippen LogP contribution is -2.48. The van der Waals surface area contributed by atoms with Crippen LogP contribution in [0.2, 0.25) is 0 Å². The number of anilines is 1. The van der Waals surface area contributed by atoms with Crippen LogP contribution >= 0.6 is 12.4 Å². The average molecular weight is 267 g/mol. The fourth-order valence-corrected chi connectivity index (χ4v) is 2.92. The van der Waals surface area contributed by atoms with Gasteiger partial charge in [-0.1, -0.05) is 18.2 Å². The number of aryl methyl sites for hydroxylation is 1. The minimum atomic E-state index is 0. The van der Waals surface area contributed by atoms with Crippen molar-refractivity contribution >= 4 is 24.0 Å². The van der Waals surface area contributed by atoms with E-state index in [1.54, 1.807) is 0 Å². The van der Waals surface area contributed by atoms with Gasteiger partial charge in [-0.2, -0.15) is 0 Å². The number of para-hydroxylation sites is 1. The van der Waals surface area contributed by atoms with Crippen molar-refractivity contribution in [1.29, 1.82) is 0 Å². The Morgan fingerprint density at radius 2 is 1.83 bits per heavy atom. The summed E-state index contributed by atoms with van der Waals surface area (Å²) in [5.41, 5.74) is 2.47. The summed E-state index contributed by atoms with van der Waals surface area (Å²) in [5, 5.41) is 3.35. The minimum absolute atomic E-state index is 0. The van der Waals surface area contributed by atoms with E-state index in [9.17, 15) is 4.79 Å². The molecule has 1 N–H and O–H groups in total. The lowest BCUT2D eigenvalue weighted by Gasteiger charge is -2.38. The molecule has 3 nitrogen and oxygen atoms in total. The van der Waals surface area contributed by atoms with E-state index in [-0.39, 0.29) is 12.4 Å². The minimum Gasteiger partial charge on any atom is -0.317 e. The number of fused-ring (bicyclic) bond motifs is 1. The predicted octanol–water partition coefficient (Wildman–Crippen LogP) is 2.14. The van der Waals surface area contributed by atoms with Crippen LogP contribution in [0.3, 0.4) is 0 Å². The summed E-state index contributed by atoms with van der Waals surface area (Å²) in [6.07, 6.45) is 3.71. The summed E-state index contributed by atoms with van der Waals surface area (Å²) >= 11 is 0. The van der Waals surface area contributed by atoms with Gasteiger partial charge in [0.15, 0.2) is 0 Å². The molecule has 0 aromatic heterocycles. The molecule has 1 saturated heterocycles. The third-order valence-electron chi connectivity index (χ3n) is 3.80. The number of carbonyl (C=O) groups excluding carboxylic acids is 1. The van der Waals surface area contributed by atoms with E-state index in [1.165, 1.54) is 5.56 Å². The highest BCUT2D eigenvalue weighted by Crippen LogP contribution is 2.31. The van der Waals surface area contributed by atoms with Crippen LogP contribution in [0.1, 0.15) is 24.8 Å². The summed E-state index contributed by atoms with van der Waals surface area (Å²) in [5.74, 6) is 0.301. The molecule has 1 aromatic carbocycles. The molecule has 1 fully saturated rings. The molecule has 0 aliphatic carbocycles. The van der Waals surface area contributed by atoms with Crippen LogP contribution in [0.5, 0.6) is 0 Å². The van der Waals surface area contributed by atoms with Crippen LogP contribution in [0.4, 0.5) is 5.69 Å². The highest BCUT2D eigenvalue weighted by molar-refractivity contribution is 5.97. The summed E-state index contributed by atoms with van der Waals surface area (Å²) in [7, 11) is 0. The van der Waals surface area contributed by atoms with E-state index < -0.39 is 0 Å². The Labute approximate surface area is 114 Å². The smallest absolute Gasteiger partial charge is 0.227 e. The molecule has 2 aliphatic heterocycles. The van der Waals surface area contributed by atoms with Gasteiger partial charge < -0.3 is 10.2 Å². The SMILES string of the molecule is Cl.O=C1CCc2ccccc2N1C1CCNCC1. The molecule has 4 heteroatoms. The number of benzene rings is 1. The zero-order chi connectivity index (χ0) is 11.7. The third-order valence-corrected chi connectivity index (χ3v) is 3.80. The summed E-state index contributed by atoms with van der Waals surface area (Å²) in [4.78, 5) is 14.2. The maximum atomic E-state index is 12.2. The van der Waals surface area contributed by atoms with Crippen molar-refractivity contribution in [1.82, 2.24) is 5.32 Å². The highest BCUT2D eigenvalue weighted by atomic mass is 35.5. The van der Waals surface area contributed by atoms with Crippen molar-refractivity contribution in [2.45, 2.75) is 31.7 Å². The lowest BCUT2D eigenvalue weighted by atomic mass is 9.96. The second kappa shape index (κ2) is 5.72. The van der Waals surface area contributed by atoms with Gasteiger partial charge in [-0.25, -0.2) is 0 Å². The Morgan fingerprint density at radius 3 is 2.61 bits per heavy atom. The van der Waals surface area contributed by atoms with Gasteiger partial charge in [0.2, 0.25) is 5.91 Å². The average Bonchev–Trinajstić information content (AvgIpc) is 2.39. The molecule has 0 atom stereocenters. The van der Waals surface area contributed by atoms with Crippen LogP contribution in [-0.4, -0.2) is 25.0 Å². The number of nitrogens with one attached hydrogen (secondary N) is 1. The lowest BCUT2D eigenvalue weighted by molar-refractivity contribution is -0.119. The van der Waals surface area contributed by atoms with Gasteiger partial charge >= 0.3 is 0 Å². The number of halogens is 1. The van der Waals surface area contributed by atoms with Crippen LogP contribution in [0.25, 0.3) is 0 Å². The molecule has 2 heterocycles. The van der Waals surface area contributed by atoms with Crippen molar-refractivity contribution in [2.75, 3.05) is 18.0 Å². The largest absolute Gasteiger partial charge is 0.317 e. The van der Waals surface area contributed by atoms with E-state index in [4.69, 9.17) is 0 Å². The summed E-state index contributed by atoms with van der Waals surface area (Å²) in [6.45, 7) is 2.05. The molecule has 0 unspecified atom stereocenters. The molecule has 2 aliphatic rings. The Hall–Kier alpha value is -1.06. The number of piperidine rings is 1. The Morgan fingerprint density at radius 1 is 1.11 bits per heavy atom. The van der Waals surface area contributed by atoms with E-state index in [2.05, 4.69) is 28.4 Å². The molecule has 0 bridgehead atoms. The van der Waals surface area contributed by atoms with Crippen molar-refractivity contribution in [3.63, 3.8) is 0 Å². The van der Waals surface area contributed by atoms with Gasteiger partial charge in [0.1, 0.15) is 0 Å². The normalized spacial score (nSPS) is 20.2. The second-order valence-electron chi connectivity index (χ2n) is 4.87. The van der Waals surface area contributed by atoms with Gasteiger partial charge in [-0.15, -0.1) is 12.4 Å². The molecule has 1 aromatic rings. The van der Waals surface area contributed by atoms with Gasteiger partial charge in [-0.3, -0.25) is 4.79 Å². The highest BCUT2D eigenvalue weighted by Gasteiger charge is 2.30. The van der Waals surface area contributed by atoms with Gasteiger partial charge in [0, 0.05) is 18.2 Å². The third kappa shape index (κ3) is 2.38. The van der Waals surface area contributed by atoms with Crippen LogP contribution in [-0.2, 0) is 11.2 Å². The van der Waals surface area contributed by atoms with Crippen molar-refractivity contribution < 1.29 is 4.79 Å². The number of carbonyl (C=O) groups is 1. The van der Waals surface area contributed by atoms with Crippen LogP contribution in [0.15, 0.2) is 24.3 Å². The molecule has 1 amide bonds. The Balaban J connectivity index is 0.00000120. The first-order valence-electron chi connectivity index (χ1n) is 6.47. The fraction of sp³-hybridized carbons (Fsp3) is 0.500.